The highest BCUT2D eigenvalue weighted by atomic mass is 16.3. The van der Waals surface area contributed by atoms with Crippen LogP contribution in [0.5, 0.6) is 0 Å². The Morgan fingerprint density at radius 3 is 2.17 bits per heavy atom. The molecule has 0 aromatic rings. The molecule has 0 heterocycles. The van der Waals surface area contributed by atoms with Gasteiger partial charge in [-0.05, 0) is 27.2 Å². The molecule has 0 unspecified atom stereocenters. The van der Waals surface area contributed by atoms with Crippen LogP contribution in [0.1, 0.15) is 33.6 Å². The Balaban J connectivity index is 3.10. The number of hydrogen-bond donors (Lipinski definition) is 1. The quantitative estimate of drug-likeness (QED) is 0.630. The van der Waals surface area contributed by atoms with Crippen molar-refractivity contribution in [2.24, 2.45) is 5.41 Å². The standard InChI is InChI=1S/C9H14O3/c1-6(10)8(2)5-4-7(11)9(8,3)12/h12H,4-5H2,1-3H3/t8-,9+/m1/s1. The second-order valence-corrected chi connectivity index (χ2v) is 3.88. The molecule has 0 bridgehead atoms. The van der Waals surface area contributed by atoms with E-state index < -0.39 is 11.0 Å². The molecule has 1 aliphatic rings. The van der Waals surface area contributed by atoms with Crippen LogP contribution in [-0.2, 0) is 9.59 Å². The van der Waals surface area contributed by atoms with Gasteiger partial charge in [0.05, 0.1) is 5.41 Å². The number of Topliss-reactive ketones (excluding diaryl/α,β-unsaturated/α-hetero) is 2. The SMILES string of the molecule is CC(=O)[C@@]1(C)CCC(=O)[C@]1(C)O. The van der Waals surface area contributed by atoms with Gasteiger partial charge in [-0.1, -0.05) is 0 Å². The zero-order valence-electron chi connectivity index (χ0n) is 7.68. The molecule has 1 N–H and O–H groups in total. The van der Waals surface area contributed by atoms with Gasteiger partial charge in [0.15, 0.2) is 5.78 Å². The summed E-state index contributed by atoms with van der Waals surface area (Å²) in [5.74, 6) is -0.335. The third-order valence-corrected chi connectivity index (χ3v) is 3.25. The molecule has 0 aromatic carbocycles. The van der Waals surface area contributed by atoms with E-state index in [9.17, 15) is 14.7 Å². The van der Waals surface area contributed by atoms with Crippen LogP contribution in [0.4, 0.5) is 0 Å². The van der Waals surface area contributed by atoms with Crippen LogP contribution in [0.15, 0.2) is 0 Å². The molecule has 3 heteroatoms. The third kappa shape index (κ3) is 0.926. The molecule has 1 fully saturated rings. The van der Waals surface area contributed by atoms with Gasteiger partial charge >= 0.3 is 0 Å². The smallest absolute Gasteiger partial charge is 0.165 e. The van der Waals surface area contributed by atoms with Gasteiger partial charge in [0.25, 0.3) is 0 Å². The number of hydrogen-bond acceptors (Lipinski definition) is 3. The van der Waals surface area contributed by atoms with Gasteiger partial charge in [0, 0.05) is 6.42 Å². The molecular formula is C9H14O3. The minimum absolute atomic E-state index is 0.113. The van der Waals surface area contributed by atoms with Crippen molar-refractivity contribution < 1.29 is 14.7 Å². The van der Waals surface area contributed by atoms with Crippen molar-refractivity contribution in [1.82, 2.24) is 0 Å². The van der Waals surface area contributed by atoms with Gasteiger partial charge in [-0.2, -0.15) is 0 Å². The topological polar surface area (TPSA) is 54.4 Å². The predicted octanol–water partition coefficient (Wildman–Crippen LogP) is 0.696. The lowest BCUT2D eigenvalue weighted by Crippen LogP contribution is -2.48. The summed E-state index contributed by atoms with van der Waals surface area (Å²) >= 11 is 0. The summed E-state index contributed by atoms with van der Waals surface area (Å²) in [5, 5.41) is 9.78. The Labute approximate surface area is 71.8 Å². The van der Waals surface area contributed by atoms with Crippen molar-refractivity contribution in [3.8, 4) is 0 Å². The van der Waals surface area contributed by atoms with Gasteiger partial charge in [-0.25, -0.2) is 0 Å². The van der Waals surface area contributed by atoms with Crippen molar-refractivity contribution in [1.29, 1.82) is 0 Å². The largest absolute Gasteiger partial charge is 0.381 e. The molecular weight excluding hydrogens is 156 g/mol. The fourth-order valence-corrected chi connectivity index (χ4v) is 1.68. The van der Waals surface area contributed by atoms with E-state index in [0.717, 1.165) is 0 Å². The van der Waals surface area contributed by atoms with E-state index in [2.05, 4.69) is 0 Å². The van der Waals surface area contributed by atoms with Gasteiger partial charge in [0.2, 0.25) is 0 Å². The number of aliphatic hydroxyl groups is 1. The summed E-state index contributed by atoms with van der Waals surface area (Å²) in [6.07, 6.45) is 0.775. The summed E-state index contributed by atoms with van der Waals surface area (Å²) in [6, 6.07) is 0. The van der Waals surface area contributed by atoms with Crippen LogP contribution in [-0.4, -0.2) is 22.3 Å². The highest BCUT2D eigenvalue weighted by Gasteiger charge is 2.56. The van der Waals surface area contributed by atoms with Crippen molar-refractivity contribution in [3.63, 3.8) is 0 Å². The second kappa shape index (κ2) is 2.39. The van der Waals surface area contributed by atoms with E-state index in [0.29, 0.717) is 12.8 Å². The number of rotatable bonds is 1. The van der Waals surface area contributed by atoms with Crippen molar-refractivity contribution in [3.05, 3.63) is 0 Å². The molecule has 0 aromatic heterocycles. The Bertz CT molecular complexity index is 242. The Morgan fingerprint density at radius 2 is 2.00 bits per heavy atom. The molecule has 0 radical (unpaired) electrons. The van der Waals surface area contributed by atoms with E-state index in [-0.39, 0.29) is 11.6 Å². The molecule has 0 aliphatic heterocycles. The van der Waals surface area contributed by atoms with E-state index in [1.165, 1.54) is 13.8 Å². The first-order chi connectivity index (χ1) is 5.32. The molecule has 0 amide bonds. The van der Waals surface area contributed by atoms with Gasteiger partial charge in [-0.3, -0.25) is 9.59 Å². The molecule has 68 valence electrons. The maximum absolute atomic E-state index is 11.2. The number of ketones is 2. The predicted molar refractivity (Wildman–Crippen MR) is 43.7 cm³/mol. The first kappa shape index (κ1) is 9.39. The lowest BCUT2D eigenvalue weighted by molar-refractivity contribution is -0.149. The molecule has 3 nitrogen and oxygen atoms in total. The van der Waals surface area contributed by atoms with E-state index >= 15 is 0 Å². The Hall–Kier alpha value is -0.700. The van der Waals surface area contributed by atoms with Crippen molar-refractivity contribution in [2.45, 2.75) is 39.2 Å². The minimum atomic E-state index is -1.46. The van der Waals surface area contributed by atoms with Crippen molar-refractivity contribution in [2.75, 3.05) is 0 Å². The fourth-order valence-electron chi connectivity index (χ4n) is 1.68. The summed E-state index contributed by atoms with van der Waals surface area (Å²) < 4.78 is 0. The number of carbonyl (C=O) groups excluding carboxylic acids is 2. The van der Waals surface area contributed by atoms with E-state index in [1.807, 2.05) is 0 Å². The van der Waals surface area contributed by atoms with E-state index in [4.69, 9.17) is 0 Å². The van der Waals surface area contributed by atoms with Gasteiger partial charge < -0.3 is 5.11 Å². The molecule has 1 rings (SSSR count). The molecule has 12 heavy (non-hydrogen) atoms. The van der Waals surface area contributed by atoms with Crippen LogP contribution >= 0.6 is 0 Å². The molecule has 0 spiro atoms. The molecule has 1 aliphatic carbocycles. The van der Waals surface area contributed by atoms with Crippen LogP contribution in [0.25, 0.3) is 0 Å². The van der Waals surface area contributed by atoms with Crippen LogP contribution in [0.2, 0.25) is 0 Å². The minimum Gasteiger partial charge on any atom is -0.381 e. The highest BCUT2D eigenvalue weighted by molar-refractivity contribution is 5.99. The Morgan fingerprint density at radius 1 is 1.50 bits per heavy atom. The first-order valence-corrected chi connectivity index (χ1v) is 4.09. The fraction of sp³-hybridized carbons (Fsp3) is 0.778. The highest BCUT2D eigenvalue weighted by Crippen LogP contribution is 2.44. The Kier molecular flexibility index (Phi) is 1.87. The summed E-state index contributed by atoms with van der Waals surface area (Å²) in [4.78, 5) is 22.4. The zero-order chi connectivity index (χ0) is 9.57. The zero-order valence-corrected chi connectivity index (χ0v) is 7.68. The second-order valence-electron chi connectivity index (χ2n) is 3.88. The summed E-state index contributed by atoms with van der Waals surface area (Å²) in [7, 11) is 0. The monoisotopic (exact) mass is 170 g/mol. The molecule has 2 atom stereocenters. The third-order valence-electron chi connectivity index (χ3n) is 3.25. The average molecular weight is 170 g/mol. The van der Waals surface area contributed by atoms with Crippen molar-refractivity contribution >= 4 is 11.6 Å². The summed E-state index contributed by atoms with van der Waals surface area (Å²) in [6.45, 7) is 4.51. The van der Waals surface area contributed by atoms with Crippen LogP contribution < -0.4 is 0 Å². The summed E-state index contributed by atoms with van der Waals surface area (Å²) in [5.41, 5.74) is -2.33. The lowest BCUT2D eigenvalue weighted by atomic mass is 9.74. The maximum atomic E-state index is 11.2. The average Bonchev–Trinajstić information content (AvgIpc) is 2.15. The first-order valence-electron chi connectivity index (χ1n) is 4.09. The number of carbonyl (C=O) groups is 2. The molecule has 1 saturated carbocycles. The maximum Gasteiger partial charge on any atom is 0.165 e. The van der Waals surface area contributed by atoms with E-state index in [1.54, 1.807) is 6.92 Å². The lowest BCUT2D eigenvalue weighted by Gasteiger charge is -2.32. The molecule has 0 saturated heterocycles. The van der Waals surface area contributed by atoms with Gasteiger partial charge in [0.1, 0.15) is 11.4 Å². The van der Waals surface area contributed by atoms with Gasteiger partial charge in [-0.15, -0.1) is 0 Å². The van der Waals surface area contributed by atoms with Crippen LogP contribution in [0, 0.1) is 5.41 Å². The van der Waals surface area contributed by atoms with Crippen LogP contribution in [0.3, 0.4) is 0 Å². The normalized spacial score (nSPS) is 41.8.